The lowest BCUT2D eigenvalue weighted by Gasteiger charge is -2.32. The first-order valence-corrected chi connectivity index (χ1v) is 12.8. The average molecular weight is 496 g/mol. The maximum absolute atomic E-state index is 13.4. The van der Waals surface area contributed by atoms with Gasteiger partial charge in [0.25, 0.3) is 5.91 Å². The molecule has 1 fully saturated rings. The summed E-state index contributed by atoms with van der Waals surface area (Å²) < 4.78 is 40.7. The van der Waals surface area contributed by atoms with Crippen LogP contribution in [0.25, 0.3) is 10.1 Å². The number of hydrogen-bond acceptors (Lipinski definition) is 7. The van der Waals surface area contributed by atoms with Crippen molar-refractivity contribution in [2.75, 3.05) is 19.7 Å². The molecule has 5 rings (SSSR count). The van der Waals surface area contributed by atoms with Crippen molar-refractivity contribution in [3.05, 3.63) is 83.5 Å². The molecule has 4 aromatic rings. The SMILES string of the molecule is NC(=O)c1sc2ccccc2c1[C@@H]1CN(S(=O)(=O)c2ccc(Oc3ccncc3)cc2)CCO1. The number of benzene rings is 2. The molecule has 1 atom stereocenters. The van der Waals surface area contributed by atoms with Gasteiger partial charge in [-0.1, -0.05) is 18.2 Å². The van der Waals surface area contributed by atoms with Crippen molar-refractivity contribution in [1.82, 2.24) is 9.29 Å². The Morgan fingerprint density at radius 3 is 2.50 bits per heavy atom. The van der Waals surface area contributed by atoms with E-state index in [0.717, 1.165) is 10.1 Å². The number of carbonyl (C=O) groups is 1. The zero-order chi connectivity index (χ0) is 23.7. The Hall–Kier alpha value is -3.31. The lowest BCUT2D eigenvalue weighted by atomic mass is 10.0. The number of carbonyl (C=O) groups excluding carboxylic acids is 1. The van der Waals surface area contributed by atoms with Crippen molar-refractivity contribution in [3.8, 4) is 11.5 Å². The summed E-state index contributed by atoms with van der Waals surface area (Å²) in [4.78, 5) is 16.6. The van der Waals surface area contributed by atoms with Crippen LogP contribution < -0.4 is 10.5 Å². The second-order valence-corrected chi connectivity index (χ2v) is 10.7. The van der Waals surface area contributed by atoms with E-state index in [0.29, 0.717) is 21.9 Å². The topological polar surface area (TPSA) is 112 Å². The molecule has 0 radical (unpaired) electrons. The van der Waals surface area contributed by atoms with Crippen molar-refractivity contribution in [2.24, 2.45) is 5.73 Å². The Labute approximate surface area is 200 Å². The Balaban J connectivity index is 1.40. The van der Waals surface area contributed by atoms with Crippen LogP contribution in [-0.4, -0.2) is 43.3 Å². The third kappa shape index (κ3) is 4.28. The second kappa shape index (κ2) is 9.15. The molecule has 1 saturated heterocycles. The number of fused-ring (bicyclic) bond motifs is 1. The zero-order valence-corrected chi connectivity index (χ0v) is 19.6. The zero-order valence-electron chi connectivity index (χ0n) is 18.0. The molecule has 34 heavy (non-hydrogen) atoms. The summed E-state index contributed by atoms with van der Waals surface area (Å²) in [6, 6.07) is 17.3. The molecule has 2 aromatic heterocycles. The smallest absolute Gasteiger partial charge is 0.259 e. The molecule has 0 saturated carbocycles. The number of morpholine rings is 1. The van der Waals surface area contributed by atoms with Crippen molar-refractivity contribution in [1.29, 1.82) is 0 Å². The van der Waals surface area contributed by atoms with Gasteiger partial charge in [0.05, 0.1) is 22.5 Å². The summed E-state index contributed by atoms with van der Waals surface area (Å²) >= 11 is 1.29. The number of nitrogens with zero attached hydrogens (tertiary/aromatic N) is 2. The van der Waals surface area contributed by atoms with Crippen LogP contribution in [0.15, 0.2) is 78.0 Å². The molecule has 10 heteroatoms. The predicted octanol–water partition coefficient (Wildman–Crippen LogP) is 3.95. The van der Waals surface area contributed by atoms with Gasteiger partial charge in [-0.15, -0.1) is 11.3 Å². The van der Waals surface area contributed by atoms with Crippen LogP contribution in [0.2, 0.25) is 0 Å². The number of primary amides is 1. The number of hydrogen-bond donors (Lipinski definition) is 1. The van der Waals surface area contributed by atoms with E-state index < -0.39 is 22.0 Å². The van der Waals surface area contributed by atoms with E-state index in [2.05, 4.69) is 4.98 Å². The standard InChI is InChI=1S/C24H21N3O5S2/c25-24(28)23-22(19-3-1-2-4-21(19)33-23)20-15-27(13-14-31-20)34(29,30)18-7-5-16(6-8-18)32-17-9-11-26-12-10-17/h1-12,20H,13-15H2,(H2,25,28)/t20-/m0/s1. The summed E-state index contributed by atoms with van der Waals surface area (Å²) in [6.45, 7) is 0.496. The normalized spacial score (nSPS) is 17.0. The molecular weight excluding hydrogens is 474 g/mol. The molecule has 0 aliphatic carbocycles. The van der Waals surface area contributed by atoms with Crippen molar-refractivity contribution >= 4 is 37.4 Å². The largest absolute Gasteiger partial charge is 0.457 e. The van der Waals surface area contributed by atoms with Crippen molar-refractivity contribution in [2.45, 2.75) is 11.0 Å². The molecule has 1 amide bonds. The van der Waals surface area contributed by atoms with Gasteiger partial charge in [-0.25, -0.2) is 8.42 Å². The number of ether oxygens (including phenoxy) is 2. The summed E-state index contributed by atoms with van der Waals surface area (Å²) in [5.41, 5.74) is 6.28. The Kier molecular flexibility index (Phi) is 6.05. The Bertz CT molecular complexity index is 1440. The second-order valence-electron chi connectivity index (χ2n) is 7.68. The minimum atomic E-state index is -3.79. The molecule has 3 heterocycles. The molecule has 0 spiro atoms. The van der Waals surface area contributed by atoms with Gasteiger partial charge in [0.15, 0.2) is 0 Å². The van der Waals surface area contributed by atoms with Crippen molar-refractivity contribution in [3.63, 3.8) is 0 Å². The first-order valence-electron chi connectivity index (χ1n) is 10.5. The minimum absolute atomic E-state index is 0.0820. The first-order chi connectivity index (χ1) is 16.4. The first kappa shape index (κ1) is 22.5. The number of pyridine rings is 1. The van der Waals surface area contributed by atoms with E-state index in [1.165, 1.54) is 27.8 Å². The molecular formula is C24H21N3O5S2. The fourth-order valence-corrected chi connectivity index (χ4v) is 6.49. The van der Waals surface area contributed by atoms with Crippen LogP contribution in [0, 0.1) is 0 Å². The summed E-state index contributed by atoms with van der Waals surface area (Å²) in [7, 11) is -3.79. The molecule has 0 unspecified atom stereocenters. The number of aromatic nitrogens is 1. The number of rotatable bonds is 6. The molecule has 174 valence electrons. The molecule has 2 aromatic carbocycles. The summed E-state index contributed by atoms with van der Waals surface area (Å²) in [5, 5.41) is 0.850. The van der Waals surface area contributed by atoms with E-state index in [9.17, 15) is 13.2 Å². The molecule has 2 N–H and O–H groups in total. The van der Waals surface area contributed by atoms with Gasteiger partial charge in [0.1, 0.15) is 11.5 Å². The highest BCUT2D eigenvalue weighted by atomic mass is 32.2. The average Bonchev–Trinajstić information content (AvgIpc) is 3.25. The van der Waals surface area contributed by atoms with E-state index in [1.807, 2.05) is 24.3 Å². The predicted molar refractivity (Wildman–Crippen MR) is 129 cm³/mol. The van der Waals surface area contributed by atoms with E-state index in [1.54, 1.807) is 36.7 Å². The quantitative estimate of drug-likeness (QED) is 0.434. The molecule has 1 aliphatic rings. The lowest BCUT2D eigenvalue weighted by molar-refractivity contribution is -0.00188. The van der Waals surface area contributed by atoms with Gasteiger partial charge in [0.2, 0.25) is 10.0 Å². The van der Waals surface area contributed by atoms with Crippen LogP contribution >= 0.6 is 11.3 Å². The van der Waals surface area contributed by atoms with Gasteiger partial charge >= 0.3 is 0 Å². The van der Waals surface area contributed by atoms with Crippen LogP contribution in [0.1, 0.15) is 21.3 Å². The van der Waals surface area contributed by atoms with Gasteiger partial charge < -0.3 is 15.2 Å². The highest BCUT2D eigenvalue weighted by Crippen LogP contribution is 2.38. The monoisotopic (exact) mass is 495 g/mol. The fraction of sp³-hybridized carbons (Fsp3) is 0.167. The molecule has 1 aliphatic heterocycles. The number of amides is 1. The van der Waals surface area contributed by atoms with E-state index in [-0.39, 0.29) is 24.6 Å². The van der Waals surface area contributed by atoms with Crippen molar-refractivity contribution < 1.29 is 22.7 Å². The summed E-state index contributed by atoms with van der Waals surface area (Å²) in [5.74, 6) is 0.570. The highest BCUT2D eigenvalue weighted by molar-refractivity contribution is 7.89. The fourth-order valence-electron chi connectivity index (χ4n) is 3.96. The van der Waals surface area contributed by atoms with Crippen LogP contribution in [0.3, 0.4) is 0 Å². The number of sulfonamides is 1. The van der Waals surface area contributed by atoms with Crippen LogP contribution in [0.4, 0.5) is 0 Å². The number of nitrogens with two attached hydrogens (primary N) is 1. The Morgan fingerprint density at radius 2 is 1.76 bits per heavy atom. The van der Waals surface area contributed by atoms with Gasteiger partial charge in [-0.3, -0.25) is 9.78 Å². The van der Waals surface area contributed by atoms with Gasteiger partial charge in [-0.2, -0.15) is 4.31 Å². The maximum Gasteiger partial charge on any atom is 0.259 e. The van der Waals surface area contributed by atoms with Gasteiger partial charge in [-0.05, 0) is 47.9 Å². The van der Waals surface area contributed by atoms with Gasteiger partial charge in [0, 0.05) is 35.7 Å². The minimum Gasteiger partial charge on any atom is -0.457 e. The number of thiophene rings is 1. The third-order valence-corrected chi connectivity index (χ3v) is 8.64. The summed E-state index contributed by atoms with van der Waals surface area (Å²) in [6.07, 6.45) is 2.63. The van der Waals surface area contributed by atoms with E-state index >= 15 is 0 Å². The molecule has 8 nitrogen and oxygen atoms in total. The maximum atomic E-state index is 13.4. The third-order valence-electron chi connectivity index (χ3n) is 5.56. The Morgan fingerprint density at radius 1 is 1.06 bits per heavy atom. The van der Waals surface area contributed by atoms with E-state index in [4.69, 9.17) is 15.2 Å². The van der Waals surface area contributed by atoms with Crippen LogP contribution in [-0.2, 0) is 14.8 Å². The lowest BCUT2D eigenvalue weighted by Crippen LogP contribution is -2.42. The highest BCUT2D eigenvalue weighted by Gasteiger charge is 2.34. The van der Waals surface area contributed by atoms with Crippen LogP contribution in [0.5, 0.6) is 11.5 Å². The molecule has 0 bridgehead atoms.